The van der Waals surface area contributed by atoms with Crippen LogP contribution < -0.4 is 24.4 Å². The van der Waals surface area contributed by atoms with Gasteiger partial charge in [-0.1, -0.05) is 29.8 Å². The molecule has 2 aromatic carbocycles. The number of methoxy groups -OCH3 is 1. The lowest BCUT2D eigenvalue weighted by Crippen LogP contribution is -2.55. The van der Waals surface area contributed by atoms with Crippen LogP contribution in [0.25, 0.3) is 5.95 Å². The summed E-state index contributed by atoms with van der Waals surface area (Å²) in [7, 11) is 1.67. The van der Waals surface area contributed by atoms with Crippen LogP contribution in [0.2, 0.25) is 5.15 Å². The van der Waals surface area contributed by atoms with E-state index in [1.807, 2.05) is 30.3 Å². The van der Waals surface area contributed by atoms with Gasteiger partial charge in [-0.2, -0.15) is 4.98 Å². The molecule has 0 radical (unpaired) electrons. The normalized spacial score (nSPS) is 16.4. The van der Waals surface area contributed by atoms with Crippen molar-refractivity contribution in [1.82, 2.24) is 29.7 Å². The summed E-state index contributed by atoms with van der Waals surface area (Å²) in [6, 6.07) is 15.6. The summed E-state index contributed by atoms with van der Waals surface area (Å²) >= 11 is 6.40. The molecular formula is C30H32ClN7O4. The molecule has 1 amide bonds. The Labute approximate surface area is 249 Å². The maximum atomic E-state index is 13.2. The molecule has 4 aromatic rings. The van der Waals surface area contributed by atoms with Crippen LogP contribution in [0, 0.1) is 0 Å². The molecule has 1 atom stereocenters. The van der Waals surface area contributed by atoms with Crippen molar-refractivity contribution in [2.45, 2.75) is 25.4 Å². The first-order valence-electron chi connectivity index (χ1n) is 13.8. The lowest BCUT2D eigenvalue weighted by Gasteiger charge is -2.42. The summed E-state index contributed by atoms with van der Waals surface area (Å²) in [5.74, 6) is 3.42. The number of rotatable bonds is 10. The topological polar surface area (TPSA) is 107 Å². The number of carbonyl (C=O) groups excluding carboxylic acids is 1. The molecule has 218 valence electrons. The van der Waals surface area contributed by atoms with Crippen molar-refractivity contribution in [3.63, 3.8) is 0 Å². The molecule has 1 fully saturated rings. The van der Waals surface area contributed by atoms with E-state index in [0.717, 1.165) is 48.9 Å². The summed E-state index contributed by atoms with van der Waals surface area (Å²) < 4.78 is 17.9. The van der Waals surface area contributed by atoms with Crippen LogP contribution in [0.15, 0.2) is 67.3 Å². The Morgan fingerprint density at radius 2 is 1.90 bits per heavy atom. The number of hydrogen-bond acceptors (Lipinski definition) is 9. The smallest absolute Gasteiger partial charge is 0.238 e. The zero-order valence-corrected chi connectivity index (χ0v) is 24.0. The van der Waals surface area contributed by atoms with E-state index in [0.29, 0.717) is 36.4 Å². The number of nitrogens with zero attached hydrogens (tertiary/aromatic N) is 6. The molecule has 6 rings (SSSR count). The lowest BCUT2D eigenvalue weighted by atomic mass is 10.1. The molecule has 42 heavy (non-hydrogen) atoms. The summed E-state index contributed by atoms with van der Waals surface area (Å²) in [4.78, 5) is 31.0. The van der Waals surface area contributed by atoms with Gasteiger partial charge in [-0.15, -0.1) is 0 Å². The Balaban J connectivity index is 1.15. The van der Waals surface area contributed by atoms with Crippen LogP contribution in [-0.4, -0.2) is 76.4 Å². The minimum Gasteiger partial charge on any atom is -0.497 e. The van der Waals surface area contributed by atoms with E-state index in [9.17, 15) is 4.79 Å². The molecule has 2 aliphatic rings. The Kier molecular flexibility index (Phi) is 8.38. The van der Waals surface area contributed by atoms with Gasteiger partial charge in [-0.3, -0.25) is 14.3 Å². The predicted octanol–water partition coefficient (Wildman–Crippen LogP) is 3.49. The summed E-state index contributed by atoms with van der Waals surface area (Å²) in [5, 5.41) is 3.44. The maximum Gasteiger partial charge on any atom is 0.238 e. The summed E-state index contributed by atoms with van der Waals surface area (Å²) in [6.45, 7) is 3.60. The Morgan fingerprint density at radius 1 is 1.07 bits per heavy atom. The van der Waals surface area contributed by atoms with E-state index in [1.165, 1.54) is 5.56 Å². The second-order valence-electron chi connectivity index (χ2n) is 10.2. The van der Waals surface area contributed by atoms with Gasteiger partial charge in [0.2, 0.25) is 18.6 Å². The third kappa shape index (κ3) is 6.58. The van der Waals surface area contributed by atoms with E-state index in [2.05, 4.69) is 37.2 Å². The molecule has 1 unspecified atom stereocenters. The van der Waals surface area contributed by atoms with Gasteiger partial charge in [0, 0.05) is 63.6 Å². The Hall–Kier alpha value is -4.35. The monoisotopic (exact) mass is 589 g/mol. The second-order valence-corrected chi connectivity index (χ2v) is 10.6. The van der Waals surface area contributed by atoms with Gasteiger partial charge in [0.05, 0.1) is 7.11 Å². The average molecular weight is 590 g/mol. The fourth-order valence-corrected chi connectivity index (χ4v) is 5.41. The molecule has 1 saturated heterocycles. The van der Waals surface area contributed by atoms with E-state index >= 15 is 0 Å². The largest absolute Gasteiger partial charge is 0.497 e. The molecule has 0 bridgehead atoms. The van der Waals surface area contributed by atoms with Crippen molar-refractivity contribution in [1.29, 1.82) is 0 Å². The molecule has 0 spiro atoms. The van der Waals surface area contributed by atoms with Gasteiger partial charge in [0.1, 0.15) is 23.0 Å². The highest BCUT2D eigenvalue weighted by atomic mass is 35.5. The number of amides is 1. The fraction of sp³-hybridized carbons (Fsp3) is 0.333. The minimum atomic E-state index is -0.0285. The van der Waals surface area contributed by atoms with Crippen LogP contribution >= 0.6 is 11.6 Å². The van der Waals surface area contributed by atoms with Crippen molar-refractivity contribution in [2.75, 3.05) is 45.0 Å². The van der Waals surface area contributed by atoms with Crippen molar-refractivity contribution >= 4 is 23.3 Å². The number of aromatic nitrogens is 4. The third-order valence-corrected chi connectivity index (χ3v) is 7.72. The SMILES string of the molecule is COc1ccc(CCN2CCN(c3cc(Cl)nc(-n4ccnc4)n3)CC2CC(=O)NCc2ccc3c(c2)OCO3)cc1. The molecule has 2 aliphatic heterocycles. The number of nitrogens with one attached hydrogen (secondary N) is 1. The van der Waals surface area contributed by atoms with Crippen LogP contribution in [0.1, 0.15) is 17.5 Å². The molecular weight excluding hydrogens is 558 g/mol. The number of ether oxygens (including phenoxy) is 3. The van der Waals surface area contributed by atoms with E-state index < -0.39 is 0 Å². The molecule has 4 heterocycles. The number of piperazine rings is 1. The highest BCUT2D eigenvalue weighted by molar-refractivity contribution is 6.29. The number of anilines is 1. The number of hydrogen-bond donors (Lipinski definition) is 1. The van der Waals surface area contributed by atoms with E-state index in [4.69, 9.17) is 30.8 Å². The average Bonchev–Trinajstić information content (AvgIpc) is 3.72. The van der Waals surface area contributed by atoms with E-state index in [1.54, 1.807) is 36.5 Å². The van der Waals surface area contributed by atoms with E-state index in [-0.39, 0.29) is 18.7 Å². The molecule has 1 N–H and O–H groups in total. The summed E-state index contributed by atoms with van der Waals surface area (Å²) in [5.41, 5.74) is 2.17. The van der Waals surface area contributed by atoms with Crippen LogP contribution in [0.4, 0.5) is 5.82 Å². The highest BCUT2D eigenvalue weighted by Gasteiger charge is 2.30. The molecule has 0 saturated carbocycles. The second kappa shape index (κ2) is 12.7. The lowest BCUT2D eigenvalue weighted by molar-refractivity contribution is -0.122. The fourth-order valence-electron chi connectivity index (χ4n) is 5.24. The van der Waals surface area contributed by atoms with Gasteiger partial charge in [0.15, 0.2) is 11.5 Å². The van der Waals surface area contributed by atoms with Crippen LogP contribution in [-0.2, 0) is 17.8 Å². The first kappa shape index (κ1) is 27.8. The zero-order chi connectivity index (χ0) is 28.9. The quantitative estimate of drug-likeness (QED) is 0.278. The first-order chi connectivity index (χ1) is 20.5. The number of fused-ring (bicyclic) bond motifs is 1. The summed E-state index contributed by atoms with van der Waals surface area (Å²) in [6.07, 6.45) is 6.30. The van der Waals surface area contributed by atoms with Gasteiger partial charge in [0.25, 0.3) is 0 Å². The van der Waals surface area contributed by atoms with Crippen molar-refractivity contribution in [2.24, 2.45) is 0 Å². The van der Waals surface area contributed by atoms with Crippen LogP contribution in [0.5, 0.6) is 17.2 Å². The van der Waals surface area contributed by atoms with Crippen molar-refractivity contribution in [3.05, 3.63) is 83.5 Å². The Bertz CT molecular complexity index is 1520. The number of carbonyl (C=O) groups is 1. The first-order valence-corrected chi connectivity index (χ1v) is 14.2. The van der Waals surface area contributed by atoms with Crippen molar-refractivity contribution < 1.29 is 19.0 Å². The molecule has 11 nitrogen and oxygen atoms in total. The minimum absolute atomic E-state index is 0.0196. The third-order valence-electron chi connectivity index (χ3n) is 7.53. The number of halogens is 1. The molecule has 0 aliphatic carbocycles. The number of imidazole rings is 1. The Morgan fingerprint density at radius 3 is 2.71 bits per heavy atom. The standard InChI is InChI=1S/C30H32ClN7O4/c1-40-24-5-2-21(3-6-24)8-10-36-12-13-37(28-16-27(31)34-30(35-28)38-11-9-32-19-38)18-23(36)15-29(39)33-17-22-4-7-25-26(14-22)42-20-41-25/h2-7,9,11,14,16,19,23H,8,10,12-13,15,17-18,20H2,1H3,(H,33,39). The van der Waals surface area contributed by atoms with Crippen molar-refractivity contribution in [3.8, 4) is 23.2 Å². The van der Waals surface area contributed by atoms with Gasteiger partial charge < -0.3 is 24.4 Å². The zero-order valence-electron chi connectivity index (χ0n) is 23.3. The maximum absolute atomic E-state index is 13.2. The molecule has 2 aromatic heterocycles. The van der Waals surface area contributed by atoms with Gasteiger partial charge in [-0.05, 0) is 41.8 Å². The number of benzene rings is 2. The van der Waals surface area contributed by atoms with Crippen LogP contribution in [0.3, 0.4) is 0 Å². The highest BCUT2D eigenvalue weighted by Crippen LogP contribution is 2.32. The van der Waals surface area contributed by atoms with Gasteiger partial charge in [-0.25, -0.2) is 9.97 Å². The molecule has 12 heteroatoms. The predicted molar refractivity (Wildman–Crippen MR) is 157 cm³/mol. The van der Waals surface area contributed by atoms with Gasteiger partial charge >= 0.3 is 0 Å².